The Morgan fingerprint density at radius 1 is 1.69 bits per heavy atom. The minimum atomic E-state index is -0.337. The van der Waals surface area contributed by atoms with E-state index >= 15 is 0 Å². The van der Waals surface area contributed by atoms with E-state index in [-0.39, 0.29) is 22.5 Å². The largest absolute Gasteiger partial charge is 0.296 e. The van der Waals surface area contributed by atoms with Gasteiger partial charge in [-0.05, 0) is 6.42 Å². The molecule has 2 aromatic rings. The topological polar surface area (TPSA) is 91.0 Å². The third kappa shape index (κ3) is 1.22. The Labute approximate surface area is 90.1 Å². The summed E-state index contributed by atoms with van der Waals surface area (Å²) >= 11 is 0. The van der Waals surface area contributed by atoms with Crippen molar-refractivity contribution in [2.45, 2.75) is 13.3 Å². The van der Waals surface area contributed by atoms with Crippen LogP contribution in [0.5, 0.6) is 0 Å². The second kappa shape index (κ2) is 3.62. The van der Waals surface area contributed by atoms with Gasteiger partial charge in [-0.1, -0.05) is 6.92 Å². The lowest BCUT2D eigenvalue weighted by atomic mass is 10.2. The number of hydrogen-bond donors (Lipinski definition) is 1. The molecule has 0 saturated carbocycles. The van der Waals surface area contributed by atoms with Gasteiger partial charge in [0.1, 0.15) is 17.3 Å². The molecule has 0 spiro atoms. The second-order valence-corrected chi connectivity index (χ2v) is 3.21. The third-order valence-corrected chi connectivity index (χ3v) is 2.37. The standard InChI is InChI=1S/C10H8N4O2/c1-2-7-8(5-15)13-9-6(3-11)4-12-14(9)10(7)16/h4-5,12H,2H2,1H3. The van der Waals surface area contributed by atoms with Crippen molar-refractivity contribution >= 4 is 11.9 Å². The number of hydrogen-bond acceptors (Lipinski definition) is 4. The first-order valence-corrected chi connectivity index (χ1v) is 4.71. The Balaban J connectivity index is 2.97. The molecule has 2 rings (SSSR count). The molecule has 80 valence electrons. The molecule has 0 aliphatic carbocycles. The lowest BCUT2D eigenvalue weighted by molar-refractivity contribution is 0.111. The Morgan fingerprint density at radius 3 is 3.00 bits per heavy atom. The van der Waals surface area contributed by atoms with Crippen LogP contribution in [0.25, 0.3) is 5.65 Å². The smallest absolute Gasteiger partial charge is 0.276 e. The Kier molecular flexibility index (Phi) is 2.29. The van der Waals surface area contributed by atoms with Crippen molar-refractivity contribution in [2.75, 3.05) is 0 Å². The number of carbonyl (C=O) groups is 1. The van der Waals surface area contributed by atoms with Gasteiger partial charge in [0, 0.05) is 11.8 Å². The van der Waals surface area contributed by atoms with Crippen LogP contribution in [0.1, 0.15) is 28.5 Å². The molecule has 6 nitrogen and oxygen atoms in total. The summed E-state index contributed by atoms with van der Waals surface area (Å²) in [5.41, 5.74) is 0.535. The van der Waals surface area contributed by atoms with Crippen molar-refractivity contribution in [2.24, 2.45) is 0 Å². The van der Waals surface area contributed by atoms with E-state index in [0.29, 0.717) is 18.3 Å². The number of nitriles is 1. The quantitative estimate of drug-likeness (QED) is 0.729. The molecular weight excluding hydrogens is 208 g/mol. The van der Waals surface area contributed by atoms with Crippen molar-refractivity contribution in [1.29, 1.82) is 5.26 Å². The summed E-state index contributed by atoms with van der Waals surface area (Å²) in [5, 5.41) is 11.4. The van der Waals surface area contributed by atoms with Crippen LogP contribution in [0, 0.1) is 11.3 Å². The maximum absolute atomic E-state index is 11.9. The van der Waals surface area contributed by atoms with Crippen LogP contribution in [-0.4, -0.2) is 20.9 Å². The molecule has 0 unspecified atom stereocenters. The van der Waals surface area contributed by atoms with E-state index in [4.69, 9.17) is 5.26 Å². The highest BCUT2D eigenvalue weighted by Crippen LogP contribution is 2.07. The number of nitrogens with zero attached hydrogens (tertiary/aromatic N) is 3. The van der Waals surface area contributed by atoms with Crippen LogP contribution >= 0.6 is 0 Å². The normalized spacial score (nSPS) is 10.2. The fourth-order valence-corrected chi connectivity index (χ4v) is 1.58. The highest BCUT2D eigenvalue weighted by Gasteiger charge is 2.13. The SMILES string of the molecule is CCc1c(C=O)nc2c(C#N)c[nH]n2c1=O. The van der Waals surface area contributed by atoms with Gasteiger partial charge >= 0.3 is 0 Å². The molecule has 0 aromatic carbocycles. The van der Waals surface area contributed by atoms with Gasteiger partial charge in [-0.15, -0.1) is 0 Å². The third-order valence-electron chi connectivity index (χ3n) is 2.37. The maximum Gasteiger partial charge on any atom is 0.276 e. The average Bonchev–Trinajstić information content (AvgIpc) is 2.71. The van der Waals surface area contributed by atoms with Crippen LogP contribution in [-0.2, 0) is 6.42 Å². The van der Waals surface area contributed by atoms with Gasteiger partial charge in [-0.2, -0.15) is 5.26 Å². The van der Waals surface area contributed by atoms with Crippen molar-refractivity contribution in [3.8, 4) is 6.07 Å². The van der Waals surface area contributed by atoms with E-state index in [1.54, 1.807) is 6.92 Å². The van der Waals surface area contributed by atoms with Gasteiger partial charge < -0.3 is 0 Å². The van der Waals surface area contributed by atoms with Gasteiger partial charge in [-0.3, -0.25) is 14.7 Å². The number of carbonyl (C=O) groups excluding carboxylic acids is 1. The predicted octanol–water partition coefficient (Wildman–Crippen LogP) is 0.269. The Morgan fingerprint density at radius 2 is 2.44 bits per heavy atom. The molecule has 0 fully saturated rings. The molecule has 6 heteroatoms. The average molecular weight is 216 g/mol. The lowest BCUT2D eigenvalue weighted by Gasteiger charge is -2.00. The van der Waals surface area contributed by atoms with Gasteiger partial charge in [0.25, 0.3) is 5.56 Å². The highest BCUT2D eigenvalue weighted by molar-refractivity contribution is 5.75. The number of aromatic amines is 1. The molecule has 2 aromatic heterocycles. The van der Waals surface area contributed by atoms with Gasteiger partial charge in [0.2, 0.25) is 0 Å². The maximum atomic E-state index is 11.9. The summed E-state index contributed by atoms with van der Waals surface area (Å²) < 4.78 is 1.17. The molecule has 1 N–H and O–H groups in total. The summed E-state index contributed by atoms with van der Waals surface area (Å²) in [6, 6.07) is 1.90. The molecule has 0 atom stereocenters. The van der Waals surface area contributed by atoms with Gasteiger partial charge in [0.15, 0.2) is 11.9 Å². The zero-order valence-corrected chi connectivity index (χ0v) is 8.52. The molecule has 0 aliphatic rings. The summed E-state index contributed by atoms with van der Waals surface area (Å²) in [5.74, 6) is 0. The van der Waals surface area contributed by atoms with Gasteiger partial charge in [-0.25, -0.2) is 9.50 Å². The van der Waals surface area contributed by atoms with Crippen LogP contribution in [0.4, 0.5) is 0 Å². The fourth-order valence-electron chi connectivity index (χ4n) is 1.58. The highest BCUT2D eigenvalue weighted by atomic mass is 16.1. The van der Waals surface area contributed by atoms with Crippen molar-refractivity contribution in [1.82, 2.24) is 14.6 Å². The minimum absolute atomic E-state index is 0.101. The summed E-state index contributed by atoms with van der Waals surface area (Å²) in [6.45, 7) is 1.77. The second-order valence-electron chi connectivity index (χ2n) is 3.21. The molecule has 0 amide bonds. The molecule has 0 aliphatic heterocycles. The van der Waals surface area contributed by atoms with Crippen LogP contribution < -0.4 is 5.56 Å². The summed E-state index contributed by atoms with van der Waals surface area (Å²) in [6.07, 6.45) is 2.34. The first kappa shape index (κ1) is 10.1. The van der Waals surface area contributed by atoms with Gasteiger partial charge in [0.05, 0.1) is 0 Å². The van der Waals surface area contributed by atoms with E-state index in [1.807, 2.05) is 6.07 Å². The Hall–Kier alpha value is -2.42. The van der Waals surface area contributed by atoms with Crippen LogP contribution in [0.15, 0.2) is 11.0 Å². The molecule has 2 heterocycles. The lowest BCUT2D eigenvalue weighted by Crippen LogP contribution is -2.22. The Bertz CT molecular complexity index is 660. The van der Waals surface area contributed by atoms with E-state index in [1.165, 1.54) is 10.7 Å². The zero-order chi connectivity index (χ0) is 11.7. The fraction of sp³-hybridized carbons (Fsp3) is 0.200. The first-order valence-electron chi connectivity index (χ1n) is 4.71. The van der Waals surface area contributed by atoms with E-state index in [2.05, 4.69) is 10.1 Å². The molecule has 16 heavy (non-hydrogen) atoms. The summed E-state index contributed by atoms with van der Waals surface area (Å²) in [7, 11) is 0. The van der Waals surface area contributed by atoms with E-state index in [9.17, 15) is 9.59 Å². The number of nitrogens with one attached hydrogen (secondary N) is 1. The number of rotatable bonds is 2. The van der Waals surface area contributed by atoms with Crippen molar-refractivity contribution in [3.05, 3.63) is 33.4 Å². The first-order chi connectivity index (χ1) is 7.72. The van der Waals surface area contributed by atoms with E-state index < -0.39 is 0 Å². The zero-order valence-electron chi connectivity index (χ0n) is 8.52. The number of fused-ring (bicyclic) bond motifs is 1. The number of aldehydes is 1. The molecular formula is C10H8N4O2. The number of aromatic nitrogens is 3. The van der Waals surface area contributed by atoms with Crippen molar-refractivity contribution < 1.29 is 4.79 Å². The minimum Gasteiger partial charge on any atom is -0.296 e. The molecule has 0 bridgehead atoms. The van der Waals surface area contributed by atoms with Crippen LogP contribution in [0.3, 0.4) is 0 Å². The van der Waals surface area contributed by atoms with Crippen LogP contribution in [0.2, 0.25) is 0 Å². The molecule has 0 saturated heterocycles. The van der Waals surface area contributed by atoms with Crippen molar-refractivity contribution in [3.63, 3.8) is 0 Å². The number of H-pyrrole nitrogens is 1. The van der Waals surface area contributed by atoms with E-state index in [0.717, 1.165) is 0 Å². The molecule has 0 radical (unpaired) electrons. The monoisotopic (exact) mass is 216 g/mol. The summed E-state index contributed by atoms with van der Waals surface area (Å²) in [4.78, 5) is 26.7. The predicted molar refractivity (Wildman–Crippen MR) is 55.3 cm³/mol.